The van der Waals surface area contributed by atoms with Gasteiger partial charge in [-0.15, -0.1) is 6.42 Å². The summed E-state index contributed by atoms with van der Waals surface area (Å²) in [4.78, 5) is 0. The van der Waals surface area contributed by atoms with Crippen LogP contribution in [0.3, 0.4) is 0 Å². The van der Waals surface area contributed by atoms with Crippen LogP contribution in [0.5, 0.6) is 0 Å². The molecule has 0 radical (unpaired) electrons. The average molecular weight is 148 g/mol. The summed E-state index contributed by atoms with van der Waals surface area (Å²) in [5.74, 6) is 2.52. The molecule has 1 saturated carbocycles. The molecular formula is C9H12N2. The highest BCUT2D eigenvalue weighted by Gasteiger charge is 2.41. The van der Waals surface area contributed by atoms with Crippen LogP contribution in [-0.2, 0) is 0 Å². The molecule has 1 aliphatic carbocycles. The molecule has 1 rings (SSSR count). The fourth-order valence-electron chi connectivity index (χ4n) is 1.16. The molecule has 0 bridgehead atoms. The Morgan fingerprint density at radius 2 is 2.27 bits per heavy atom. The summed E-state index contributed by atoms with van der Waals surface area (Å²) in [6.07, 6.45) is 8.10. The lowest BCUT2D eigenvalue weighted by molar-refractivity contribution is 0.483. The summed E-state index contributed by atoms with van der Waals surface area (Å²) in [6.45, 7) is 1.53. The van der Waals surface area contributed by atoms with Crippen molar-refractivity contribution in [2.24, 2.45) is 5.41 Å². The Morgan fingerprint density at radius 1 is 1.55 bits per heavy atom. The molecule has 1 fully saturated rings. The van der Waals surface area contributed by atoms with E-state index >= 15 is 0 Å². The first-order valence-electron chi connectivity index (χ1n) is 3.84. The molecule has 0 unspecified atom stereocenters. The first kappa shape index (κ1) is 8.11. The van der Waals surface area contributed by atoms with Gasteiger partial charge in [0.1, 0.15) is 0 Å². The quantitative estimate of drug-likeness (QED) is 0.475. The minimum absolute atomic E-state index is 0.283. The summed E-state index contributed by atoms with van der Waals surface area (Å²) in [5.41, 5.74) is 0.283. The van der Waals surface area contributed by atoms with E-state index in [4.69, 9.17) is 11.7 Å². The van der Waals surface area contributed by atoms with Gasteiger partial charge in [-0.05, 0) is 18.3 Å². The van der Waals surface area contributed by atoms with Gasteiger partial charge < -0.3 is 5.32 Å². The zero-order valence-electron chi connectivity index (χ0n) is 6.56. The molecule has 1 aliphatic rings. The van der Waals surface area contributed by atoms with E-state index in [2.05, 4.69) is 17.3 Å². The van der Waals surface area contributed by atoms with Gasteiger partial charge in [-0.1, -0.05) is 5.92 Å². The lowest BCUT2D eigenvalue weighted by Gasteiger charge is -2.09. The summed E-state index contributed by atoms with van der Waals surface area (Å²) in [7, 11) is 0. The number of nitrogens with one attached hydrogen (secondary N) is 1. The molecule has 0 aromatic heterocycles. The molecule has 0 spiro atoms. The molecule has 11 heavy (non-hydrogen) atoms. The Morgan fingerprint density at radius 3 is 2.73 bits per heavy atom. The minimum Gasteiger partial charge on any atom is -0.306 e. The van der Waals surface area contributed by atoms with Crippen molar-refractivity contribution in [3.05, 3.63) is 0 Å². The van der Waals surface area contributed by atoms with Crippen molar-refractivity contribution in [2.75, 3.05) is 13.1 Å². The van der Waals surface area contributed by atoms with Crippen molar-refractivity contribution in [1.82, 2.24) is 5.32 Å². The highest BCUT2D eigenvalue weighted by atomic mass is 14.9. The van der Waals surface area contributed by atoms with Crippen molar-refractivity contribution in [1.29, 1.82) is 5.26 Å². The predicted octanol–water partition coefficient (Wildman–Crippen LogP) is 0.903. The highest BCUT2D eigenvalue weighted by Crippen LogP contribution is 2.47. The first-order valence-corrected chi connectivity index (χ1v) is 3.84. The van der Waals surface area contributed by atoms with E-state index in [1.807, 2.05) is 0 Å². The molecule has 0 atom stereocenters. The van der Waals surface area contributed by atoms with Crippen LogP contribution < -0.4 is 5.32 Å². The first-order chi connectivity index (χ1) is 5.33. The molecule has 2 nitrogen and oxygen atoms in total. The number of nitrogens with zero attached hydrogens (tertiary/aromatic N) is 1. The number of nitriles is 1. The third kappa shape index (κ3) is 2.26. The van der Waals surface area contributed by atoms with Crippen LogP contribution in [0.1, 0.15) is 19.3 Å². The predicted molar refractivity (Wildman–Crippen MR) is 43.6 cm³/mol. The summed E-state index contributed by atoms with van der Waals surface area (Å²) in [5, 5.41) is 11.6. The Bertz CT molecular complexity index is 203. The van der Waals surface area contributed by atoms with Gasteiger partial charge in [-0.2, -0.15) is 5.26 Å². The second-order valence-electron chi connectivity index (χ2n) is 3.14. The SMILES string of the molecule is C#CCNCC1(CC#N)CC1. The van der Waals surface area contributed by atoms with Gasteiger partial charge in [-0.3, -0.25) is 0 Å². The molecule has 0 aliphatic heterocycles. The fourth-order valence-corrected chi connectivity index (χ4v) is 1.16. The Labute approximate surface area is 67.6 Å². The number of hydrogen-bond acceptors (Lipinski definition) is 2. The maximum atomic E-state index is 8.48. The molecule has 0 heterocycles. The maximum absolute atomic E-state index is 8.48. The van der Waals surface area contributed by atoms with E-state index in [9.17, 15) is 0 Å². The molecular weight excluding hydrogens is 136 g/mol. The number of hydrogen-bond donors (Lipinski definition) is 1. The van der Waals surface area contributed by atoms with Crippen LogP contribution in [0.15, 0.2) is 0 Å². The molecule has 58 valence electrons. The van der Waals surface area contributed by atoms with E-state index in [-0.39, 0.29) is 5.41 Å². The van der Waals surface area contributed by atoms with Crippen molar-refractivity contribution < 1.29 is 0 Å². The minimum atomic E-state index is 0.283. The van der Waals surface area contributed by atoms with Crippen molar-refractivity contribution >= 4 is 0 Å². The van der Waals surface area contributed by atoms with E-state index in [0.29, 0.717) is 13.0 Å². The molecule has 0 aromatic rings. The zero-order chi connectivity index (χ0) is 8.16. The standard InChI is InChI=1S/C9H12N2/c1-2-7-11-8-9(3-4-9)5-6-10/h1,11H,3-5,7-8H2. The zero-order valence-corrected chi connectivity index (χ0v) is 6.56. The monoisotopic (exact) mass is 148 g/mol. The molecule has 0 saturated heterocycles. The summed E-state index contributed by atoms with van der Waals surface area (Å²) in [6, 6.07) is 2.21. The average Bonchev–Trinajstić information content (AvgIpc) is 2.71. The van der Waals surface area contributed by atoms with Crippen LogP contribution in [0.4, 0.5) is 0 Å². The fraction of sp³-hybridized carbons (Fsp3) is 0.667. The van der Waals surface area contributed by atoms with Crippen molar-refractivity contribution in [3.8, 4) is 18.4 Å². The van der Waals surface area contributed by atoms with Crippen LogP contribution in [0, 0.1) is 29.1 Å². The van der Waals surface area contributed by atoms with Crippen LogP contribution in [-0.4, -0.2) is 13.1 Å². The summed E-state index contributed by atoms with van der Waals surface area (Å²) >= 11 is 0. The topological polar surface area (TPSA) is 35.8 Å². The number of rotatable bonds is 4. The molecule has 0 aromatic carbocycles. The third-order valence-corrected chi connectivity index (χ3v) is 2.14. The largest absolute Gasteiger partial charge is 0.306 e. The van der Waals surface area contributed by atoms with Crippen molar-refractivity contribution in [3.63, 3.8) is 0 Å². The van der Waals surface area contributed by atoms with Gasteiger partial charge in [0.25, 0.3) is 0 Å². The Kier molecular flexibility index (Phi) is 2.52. The Balaban J connectivity index is 2.16. The van der Waals surface area contributed by atoms with Gasteiger partial charge in [-0.25, -0.2) is 0 Å². The van der Waals surface area contributed by atoms with Crippen LogP contribution in [0.2, 0.25) is 0 Å². The van der Waals surface area contributed by atoms with Gasteiger partial charge >= 0.3 is 0 Å². The van der Waals surface area contributed by atoms with Gasteiger partial charge in [0.15, 0.2) is 0 Å². The van der Waals surface area contributed by atoms with Gasteiger partial charge in [0.2, 0.25) is 0 Å². The highest BCUT2D eigenvalue weighted by molar-refractivity contribution is 5.01. The van der Waals surface area contributed by atoms with Gasteiger partial charge in [0.05, 0.1) is 12.6 Å². The molecule has 0 amide bonds. The van der Waals surface area contributed by atoms with E-state index in [0.717, 1.165) is 6.54 Å². The Hall–Kier alpha value is -0.990. The third-order valence-electron chi connectivity index (χ3n) is 2.14. The normalized spacial score (nSPS) is 18.4. The lowest BCUT2D eigenvalue weighted by Crippen LogP contribution is -2.23. The smallest absolute Gasteiger partial charge is 0.0628 e. The van der Waals surface area contributed by atoms with Crippen molar-refractivity contribution in [2.45, 2.75) is 19.3 Å². The number of terminal acetylenes is 1. The van der Waals surface area contributed by atoms with E-state index in [1.54, 1.807) is 0 Å². The second kappa shape index (κ2) is 3.42. The van der Waals surface area contributed by atoms with Gasteiger partial charge in [0, 0.05) is 13.0 Å². The molecule has 1 N–H and O–H groups in total. The van der Waals surface area contributed by atoms with E-state index < -0.39 is 0 Å². The summed E-state index contributed by atoms with van der Waals surface area (Å²) < 4.78 is 0. The van der Waals surface area contributed by atoms with Crippen LogP contribution in [0.25, 0.3) is 0 Å². The van der Waals surface area contributed by atoms with E-state index in [1.165, 1.54) is 12.8 Å². The molecule has 2 heteroatoms. The lowest BCUT2D eigenvalue weighted by atomic mass is 10.0. The van der Waals surface area contributed by atoms with Crippen LogP contribution >= 0.6 is 0 Å². The maximum Gasteiger partial charge on any atom is 0.0628 e. The second-order valence-corrected chi connectivity index (χ2v) is 3.14.